The Kier molecular flexibility index (Phi) is 7.33. The molecule has 0 saturated carbocycles. The monoisotopic (exact) mass is 493 g/mol. The average molecular weight is 494 g/mol. The smallest absolute Gasteiger partial charge is 0.258 e. The van der Waals surface area contributed by atoms with E-state index in [0.29, 0.717) is 61.5 Å². The first-order chi connectivity index (χ1) is 17.6. The summed E-state index contributed by atoms with van der Waals surface area (Å²) in [6, 6.07) is 7.16. The van der Waals surface area contributed by atoms with Gasteiger partial charge in [0.05, 0.1) is 31.3 Å². The van der Waals surface area contributed by atoms with Gasteiger partial charge in [-0.3, -0.25) is 15.1 Å². The minimum atomic E-state index is -0.255. The van der Waals surface area contributed by atoms with Gasteiger partial charge >= 0.3 is 0 Å². The van der Waals surface area contributed by atoms with E-state index in [9.17, 15) is 4.79 Å². The van der Waals surface area contributed by atoms with Gasteiger partial charge in [-0.1, -0.05) is 6.58 Å². The highest BCUT2D eigenvalue weighted by Crippen LogP contribution is 2.41. The van der Waals surface area contributed by atoms with Crippen LogP contribution in [-0.2, 0) is 9.57 Å². The second-order valence-electron chi connectivity index (χ2n) is 8.82. The van der Waals surface area contributed by atoms with Gasteiger partial charge in [0.15, 0.2) is 11.5 Å². The van der Waals surface area contributed by atoms with E-state index in [0.717, 1.165) is 37.0 Å². The minimum absolute atomic E-state index is 0.0362. The molecule has 10 nitrogen and oxygen atoms in total. The van der Waals surface area contributed by atoms with E-state index in [1.807, 2.05) is 24.1 Å². The lowest BCUT2D eigenvalue weighted by molar-refractivity contribution is -0.106. The van der Waals surface area contributed by atoms with Crippen molar-refractivity contribution in [2.24, 2.45) is 0 Å². The van der Waals surface area contributed by atoms with Crippen LogP contribution in [0.2, 0.25) is 0 Å². The number of rotatable bonds is 5. The van der Waals surface area contributed by atoms with E-state index in [1.54, 1.807) is 18.3 Å². The number of benzene rings is 1. The molecule has 36 heavy (non-hydrogen) atoms. The molecule has 2 aromatic heterocycles. The van der Waals surface area contributed by atoms with Crippen molar-refractivity contribution in [2.75, 3.05) is 44.8 Å². The molecule has 190 valence electrons. The molecule has 1 saturated heterocycles. The van der Waals surface area contributed by atoms with E-state index in [1.165, 1.54) is 6.26 Å². The van der Waals surface area contributed by atoms with Gasteiger partial charge in [-0.15, -0.1) is 5.06 Å². The van der Waals surface area contributed by atoms with Crippen LogP contribution in [0.25, 0.3) is 11.0 Å². The summed E-state index contributed by atoms with van der Waals surface area (Å²) in [7, 11) is 0. The molecule has 2 aliphatic rings. The van der Waals surface area contributed by atoms with Gasteiger partial charge in [-0.2, -0.15) is 0 Å². The van der Waals surface area contributed by atoms with Crippen molar-refractivity contribution in [1.82, 2.24) is 19.6 Å². The molecule has 1 aromatic carbocycles. The highest BCUT2D eigenvalue weighted by molar-refractivity contribution is 6.04. The number of hydroxylamine groups is 2. The SMILES string of the molecule is C=CON1CCCCC(n2c(NC(=O)c3ccnc(C)c3)nc3ccc4c(c32)OCCOCCO4)C1. The Morgan fingerprint density at radius 2 is 2.06 bits per heavy atom. The highest BCUT2D eigenvalue weighted by atomic mass is 16.7. The van der Waals surface area contributed by atoms with Gasteiger partial charge in [-0.05, 0) is 50.5 Å². The maximum absolute atomic E-state index is 13.2. The molecule has 0 aliphatic carbocycles. The molecule has 4 heterocycles. The first-order valence-corrected chi connectivity index (χ1v) is 12.3. The fourth-order valence-electron chi connectivity index (χ4n) is 4.71. The predicted molar refractivity (Wildman–Crippen MR) is 134 cm³/mol. The number of aromatic nitrogens is 3. The Balaban J connectivity index is 1.62. The summed E-state index contributed by atoms with van der Waals surface area (Å²) >= 11 is 0. The van der Waals surface area contributed by atoms with E-state index in [2.05, 4.69) is 21.4 Å². The van der Waals surface area contributed by atoms with Crippen LogP contribution < -0.4 is 14.8 Å². The predicted octanol–water partition coefficient (Wildman–Crippen LogP) is 3.88. The molecule has 10 heteroatoms. The third kappa shape index (κ3) is 5.14. The van der Waals surface area contributed by atoms with E-state index in [4.69, 9.17) is 24.0 Å². The highest BCUT2D eigenvalue weighted by Gasteiger charge is 2.29. The molecule has 1 amide bonds. The molecule has 5 rings (SSSR count). The minimum Gasteiger partial charge on any atom is -0.487 e. The van der Waals surface area contributed by atoms with Crippen LogP contribution in [0.5, 0.6) is 11.5 Å². The number of aryl methyl sites for hydroxylation is 1. The molecule has 1 unspecified atom stereocenters. The summed E-state index contributed by atoms with van der Waals surface area (Å²) in [5, 5.41) is 4.94. The Bertz CT molecular complexity index is 1240. The number of nitrogens with zero attached hydrogens (tertiary/aromatic N) is 4. The van der Waals surface area contributed by atoms with Gasteiger partial charge in [0.1, 0.15) is 25.0 Å². The van der Waals surface area contributed by atoms with Gasteiger partial charge in [0.2, 0.25) is 5.95 Å². The Morgan fingerprint density at radius 1 is 1.19 bits per heavy atom. The topological polar surface area (TPSA) is 100.0 Å². The van der Waals surface area contributed by atoms with Crippen LogP contribution in [0, 0.1) is 6.92 Å². The maximum atomic E-state index is 13.2. The van der Waals surface area contributed by atoms with Gasteiger partial charge in [0, 0.05) is 24.0 Å². The van der Waals surface area contributed by atoms with Gasteiger partial charge in [-0.25, -0.2) is 4.98 Å². The summed E-state index contributed by atoms with van der Waals surface area (Å²) in [4.78, 5) is 27.9. The van der Waals surface area contributed by atoms with Crippen molar-refractivity contribution >= 4 is 22.9 Å². The molecule has 0 spiro atoms. The molecule has 1 fully saturated rings. The zero-order valence-electron chi connectivity index (χ0n) is 20.4. The molecule has 0 radical (unpaired) electrons. The van der Waals surface area contributed by atoms with Crippen LogP contribution in [-0.4, -0.2) is 65.0 Å². The quantitative estimate of drug-likeness (QED) is 0.535. The number of imidazole rings is 1. The summed E-state index contributed by atoms with van der Waals surface area (Å²) < 4.78 is 19.8. The van der Waals surface area contributed by atoms with Crippen LogP contribution in [0.3, 0.4) is 0 Å². The summed E-state index contributed by atoms with van der Waals surface area (Å²) in [6.45, 7) is 8.72. The fourth-order valence-corrected chi connectivity index (χ4v) is 4.71. The van der Waals surface area contributed by atoms with Gasteiger partial charge < -0.3 is 23.6 Å². The number of carbonyl (C=O) groups is 1. The first-order valence-electron chi connectivity index (χ1n) is 12.3. The number of anilines is 1. The van der Waals surface area contributed by atoms with Gasteiger partial charge in [0.25, 0.3) is 5.91 Å². The number of nitrogens with one attached hydrogen (secondary N) is 1. The normalized spacial score (nSPS) is 19.0. The zero-order valence-corrected chi connectivity index (χ0v) is 20.4. The largest absolute Gasteiger partial charge is 0.487 e. The Labute approximate surface area is 209 Å². The lowest BCUT2D eigenvalue weighted by atomic mass is 10.1. The number of fused-ring (bicyclic) bond motifs is 3. The third-order valence-corrected chi connectivity index (χ3v) is 6.31. The van der Waals surface area contributed by atoms with Crippen LogP contribution in [0.15, 0.2) is 43.3 Å². The van der Waals surface area contributed by atoms with Crippen molar-refractivity contribution in [3.8, 4) is 11.5 Å². The number of carbonyl (C=O) groups excluding carboxylic acids is 1. The van der Waals surface area contributed by atoms with E-state index >= 15 is 0 Å². The van der Waals surface area contributed by atoms with Crippen LogP contribution >= 0.6 is 0 Å². The molecule has 3 aromatic rings. The molecule has 2 aliphatic heterocycles. The standard InChI is InChI=1S/C26H31N5O5/c1-3-36-30-11-5-4-6-20(17-30)31-23-21(7-8-22-24(23)35-15-13-33-12-14-34-22)28-26(31)29-25(32)19-9-10-27-18(2)16-19/h3,7-10,16,20H,1,4-6,11-15,17H2,2H3,(H,28,29,32). The number of hydrogen-bond acceptors (Lipinski definition) is 8. The number of ether oxygens (including phenoxy) is 3. The second kappa shape index (κ2) is 11.0. The lowest BCUT2D eigenvalue weighted by Crippen LogP contribution is -2.29. The van der Waals surface area contributed by atoms with E-state index in [-0.39, 0.29) is 11.9 Å². The molecule has 1 atom stereocenters. The molecule has 0 bridgehead atoms. The molecular weight excluding hydrogens is 462 g/mol. The summed E-state index contributed by atoms with van der Waals surface area (Å²) in [5.74, 6) is 1.42. The Morgan fingerprint density at radius 3 is 2.89 bits per heavy atom. The van der Waals surface area contributed by atoms with Crippen LogP contribution in [0.1, 0.15) is 41.4 Å². The zero-order chi connectivity index (χ0) is 24.9. The maximum Gasteiger partial charge on any atom is 0.258 e. The average Bonchev–Trinajstić information content (AvgIpc) is 3.14. The van der Waals surface area contributed by atoms with Crippen molar-refractivity contribution in [1.29, 1.82) is 0 Å². The number of pyridine rings is 1. The second-order valence-corrected chi connectivity index (χ2v) is 8.82. The summed E-state index contributed by atoms with van der Waals surface area (Å²) in [5.41, 5.74) is 2.77. The Hall–Kier alpha value is -3.63. The lowest BCUT2D eigenvalue weighted by Gasteiger charge is -2.26. The first kappa shape index (κ1) is 24.1. The molecule has 1 N–H and O–H groups in total. The third-order valence-electron chi connectivity index (χ3n) is 6.31. The van der Waals surface area contributed by atoms with Crippen molar-refractivity contribution < 1.29 is 23.8 Å². The number of amides is 1. The molecular formula is C26H31N5O5. The van der Waals surface area contributed by atoms with Crippen molar-refractivity contribution in [2.45, 2.75) is 32.2 Å². The van der Waals surface area contributed by atoms with E-state index < -0.39 is 0 Å². The fraction of sp³-hybridized carbons (Fsp3) is 0.423. The van der Waals surface area contributed by atoms with Crippen LogP contribution in [0.4, 0.5) is 5.95 Å². The number of hydrogen-bond donors (Lipinski definition) is 1. The van der Waals surface area contributed by atoms with Crippen molar-refractivity contribution in [3.63, 3.8) is 0 Å². The van der Waals surface area contributed by atoms with Crippen molar-refractivity contribution in [3.05, 3.63) is 54.6 Å². The summed E-state index contributed by atoms with van der Waals surface area (Å²) in [6.07, 6.45) is 5.94.